The fraction of sp³-hybridized carbons (Fsp3) is 0.333. The molecule has 0 radical (unpaired) electrons. The van der Waals surface area contributed by atoms with Crippen LogP contribution in [0.1, 0.15) is 34.7 Å². The molecule has 19 heavy (non-hydrogen) atoms. The van der Waals surface area contributed by atoms with Gasteiger partial charge < -0.3 is 5.73 Å². The molecule has 2 rings (SSSR count). The average Bonchev–Trinajstić information content (AvgIpc) is 2.35. The second-order valence-electron chi connectivity index (χ2n) is 5.90. The lowest BCUT2D eigenvalue weighted by Gasteiger charge is -2.28. The predicted octanol–water partition coefficient (Wildman–Crippen LogP) is 4.03. The van der Waals surface area contributed by atoms with Crippen molar-refractivity contribution in [2.45, 2.75) is 39.7 Å². The number of rotatable bonds is 3. The third kappa shape index (κ3) is 3.24. The van der Waals surface area contributed by atoms with E-state index in [9.17, 15) is 0 Å². The molecule has 1 nitrogen and oxygen atoms in total. The first-order chi connectivity index (χ1) is 8.88. The van der Waals surface area contributed by atoms with Gasteiger partial charge in [-0.25, -0.2) is 0 Å². The second kappa shape index (κ2) is 5.18. The SMILES string of the molecule is Cc1ccc(CC(C)(N)c2cc(C)ccc2C)cc1. The number of benzene rings is 2. The van der Waals surface area contributed by atoms with Gasteiger partial charge in [0.15, 0.2) is 0 Å². The minimum absolute atomic E-state index is 0.328. The highest BCUT2D eigenvalue weighted by molar-refractivity contribution is 5.37. The van der Waals surface area contributed by atoms with Crippen LogP contribution in [0, 0.1) is 20.8 Å². The first-order valence-corrected chi connectivity index (χ1v) is 6.81. The van der Waals surface area contributed by atoms with Crippen molar-refractivity contribution >= 4 is 0 Å². The molecule has 1 heteroatoms. The molecule has 0 aromatic heterocycles. The lowest BCUT2D eigenvalue weighted by molar-refractivity contribution is 0.488. The van der Waals surface area contributed by atoms with Gasteiger partial charge in [-0.3, -0.25) is 0 Å². The fourth-order valence-corrected chi connectivity index (χ4v) is 2.58. The highest BCUT2D eigenvalue weighted by atomic mass is 14.7. The Labute approximate surface area is 116 Å². The van der Waals surface area contributed by atoms with E-state index >= 15 is 0 Å². The first-order valence-electron chi connectivity index (χ1n) is 6.81. The highest BCUT2D eigenvalue weighted by Gasteiger charge is 2.23. The Morgan fingerprint density at radius 1 is 0.895 bits per heavy atom. The summed E-state index contributed by atoms with van der Waals surface area (Å²) < 4.78 is 0. The summed E-state index contributed by atoms with van der Waals surface area (Å²) in [5, 5.41) is 0. The molecule has 0 spiro atoms. The number of hydrogen-bond acceptors (Lipinski definition) is 1. The Morgan fingerprint density at radius 3 is 2.11 bits per heavy atom. The van der Waals surface area contributed by atoms with Crippen molar-refractivity contribution in [2.24, 2.45) is 5.73 Å². The van der Waals surface area contributed by atoms with Crippen LogP contribution in [0.5, 0.6) is 0 Å². The van der Waals surface area contributed by atoms with Gasteiger partial charge in [0.2, 0.25) is 0 Å². The summed E-state index contributed by atoms with van der Waals surface area (Å²) in [6.45, 7) is 8.48. The number of hydrogen-bond donors (Lipinski definition) is 1. The van der Waals surface area contributed by atoms with Crippen LogP contribution in [0.2, 0.25) is 0 Å². The number of nitrogens with two attached hydrogens (primary N) is 1. The summed E-state index contributed by atoms with van der Waals surface area (Å²) in [6, 6.07) is 15.1. The molecule has 1 unspecified atom stereocenters. The molecule has 0 aliphatic carbocycles. The summed E-state index contributed by atoms with van der Waals surface area (Å²) >= 11 is 0. The quantitative estimate of drug-likeness (QED) is 0.878. The molecule has 100 valence electrons. The molecule has 2 N–H and O–H groups in total. The van der Waals surface area contributed by atoms with E-state index in [0.29, 0.717) is 0 Å². The van der Waals surface area contributed by atoms with Crippen LogP contribution in [-0.4, -0.2) is 0 Å². The second-order valence-corrected chi connectivity index (χ2v) is 5.90. The molecular weight excluding hydrogens is 230 g/mol. The minimum Gasteiger partial charge on any atom is -0.321 e. The van der Waals surface area contributed by atoms with Gasteiger partial charge in [0, 0.05) is 5.54 Å². The fourth-order valence-electron chi connectivity index (χ4n) is 2.58. The Balaban J connectivity index is 2.31. The summed E-state index contributed by atoms with van der Waals surface area (Å²) in [7, 11) is 0. The smallest absolute Gasteiger partial charge is 0.0424 e. The zero-order chi connectivity index (χ0) is 14.0. The Bertz CT molecular complexity index is 565. The Morgan fingerprint density at radius 2 is 1.47 bits per heavy atom. The van der Waals surface area contributed by atoms with Crippen molar-refractivity contribution in [1.29, 1.82) is 0 Å². The third-order valence-electron chi connectivity index (χ3n) is 3.70. The monoisotopic (exact) mass is 253 g/mol. The molecule has 0 aliphatic rings. The standard InChI is InChI=1S/C18H23N/c1-13-6-9-16(10-7-13)12-18(4,19)17-11-14(2)5-8-15(17)3/h5-11H,12,19H2,1-4H3. The van der Waals surface area contributed by atoms with Crippen LogP contribution >= 0.6 is 0 Å². The van der Waals surface area contributed by atoms with Gasteiger partial charge in [-0.05, 0) is 50.8 Å². The maximum absolute atomic E-state index is 6.58. The summed E-state index contributed by atoms with van der Waals surface area (Å²) in [5.74, 6) is 0. The zero-order valence-corrected chi connectivity index (χ0v) is 12.3. The first kappa shape index (κ1) is 13.8. The molecule has 0 aliphatic heterocycles. The van der Waals surface area contributed by atoms with Gasteiger partial charge in [-0.1, -0.05) is 53.6 Å². The van der Waals surface area contributed by atoms with Gasteiger partial charge in [-0.15, -0.1) is 0 Å². The molecule has 0 saturated heterocycles. The highest BCUT2D eigenvalue weighted by Crippen LogP contribution is 2.26. The van der Waals surface area contributed by atoms with E-state index in [-0.39, 0.29) is 5.54 Å². The molecule has 0 fully saturated rings. The average molecular weight is 253 g/mol. The van der Waals surface area contributed by atoms with Crippen molar-refractivity contribution in [3.8, 4) is 0 Å². The van der Waals surface area contributed by atoms with Crippen molar-refractivity contribution in [3.63, 3.8) is 0 Å². The topological polar surface area (TPSA) is 26.0 Å². The predicted molar refractivity (Wildman–Crippen MR) is 82.3 cm³/mol. The normalized spacial score (nSPS) is 14.2. The van der Waals surface area contributed by atoms with E-state index in [1.54, 1.807) is 0 Å². The van der Waals surface area contributed by atoms with E-state index in [0.717, 1.165) is 6.42 Å². The largest absolute Gasteiger partial charge is 0.321 e. The van der Waals surface area contributed by atoms with Crippen LogP contribution in [-0.2, 0) is 12.0 Å². The molecule has 2 aromatic carbocycles. The number of aryl methyl sites for hydroxylation is 3. The molecule has 1 atom stereocenters. The van der Waals surface area contributed by atoms with Crippen LogP contribution in [0.4, 0.5) is 0 Å². The molecule has 0 heterocycles. The van der Waals surface area contributed by atoms with Gasteiger partial charge in [0.05, 0.1) is 0 Å². The van der Waals surface area contributed by atoms with Crippen molar-refractivity contribution in [1.82, 2.24) is 0 Å². The molecular formula is C18H23N. The van der Waals surface area contributed by atoms with Crippen LogP contribution in [0.3, 0.4) is 0 Å². The Kier molecular flexibility index (Phi) is 3.77. The lowest BCUT2D eigenvalue weighted by atomic mass is 9.83. The van der Waals surface area contributed by atoms with E-state index in [4.69, 9.17) is 5.73 Å². The summed E-state index contributed by atoms with van der Waals surface area (Å²) in [6.07, 6.45) is 0.859. The summed E-state index contributed by atoms with van der Waals surface area (Å²) in [4.78, 5) is 0. The third-order valence-corrected chi connectivity index (χ3v) is 3.70. The van der Waals surface area contributed by atoms with Gasteiger partial charge in [-0.2, -0.15) is 0 Å². The lowest BCUT2D eigenvalue weighted by Crippen LogP contribution is -2.36. The maximum atomic E-state index is 6.58. The zero-order valence-electron chi connectivity index (χ0n) is 12.3. The van der Waals surface area contributed by atoms with E-state index in [2.05, 4.69) is 70.2 Å². The van der Waals surface area contributed by atoms with Crippen LogP contribution in [0.15, 0.2) is 42.5 Å². The molecule has 0 amide bonds. The van der Waals surface area contributed by atoms with Gasteiger partial charge in [0.25, 0.3) is 0 Å². The van der Waals surface area contributed by atoms with Gasteiger partial charge in [0.1, 0.15) is 0 Å². The van der Waals surface area contributed by atoms with Crippen LogP contribution < -0.4 is 5.73 Å². The Hall–Kier alpha value is -1.60. The van der Waals surface area contributed by atoms with Crippen molar-refractivity contribution in [2.75, 3.05) is 0 Å². The van der Waals surface area contributed by atoms with Gasteiger partial charge >= 0.3 is 0 Å². The molecule has 2 aromatic rings. The maximum Gasteiger partial charge on any atom is 0.0424 e. The summed E-state index contributed by atoms with van der Waals surface area (Å²) in [5.41, 5.74) is 12.6. The van der Waals surface area contributed by atoms with Crippen molar-refractivity contribution < 1.29 is 0 Å². The van der Waals surface area contributed by atoms with Crippen molar-refractivity contribution in [3.05, 3.63) is 70.3 Å². The van der Waals surface area contributed by atoms with Crippen LogP contribution in [0.25, 0.3) is 0 Å². The molecule has 0 bridgehead atoms. The minimum atomic E-state index is -0.328. The molecule has 0 saturated carbocycles. The van der Waals surface area contributed by atoms with E-state index in [1.807, 2.05) is 0 Å². The van der Waals surface area contributed by atoms with E-state index < -0.39 is 0 Å². The van der Waals surface area contributed by atoms with E-state index in [1.165, 1.54) is 27.8 Å².